The highest BCUT2D eigenvalue weighted by molar-refractivity contribution is 5.81. The molecule has 3 aliphatic carbocycles. The minimum absolute atomic E-state index is 0.0256. The summed E-state index contributed by atoms with van der Waals surface area (Å²) in [5.41, 5.74) is 4.59. The van der Waals surface area contributed by atoms with Crippen molar-refractivity contribution in [1.82, 2.24) is 5.32 Å². The molecule has 180 valence electrons. The molecule has 5 rings (SSSR count). The summed E-state index contributed by atoms with van der Waals surface area (Å²) in [5, 5.41) is 20.1. The number of fused-ring (bicyclic) bond motifs is 3. The van der Waals surface area contributed by atoms with E-state index in [9.17, 15) is 19.5 Å². The molecule has 3 N–H and O–H groups in total. The number of nitrogens with one attached hydrogen (secondary N) is 1. The molecular weight excluding hydrogens is 434 g/mol. The Kier molecular flexibility index (Phi) is 7.50. The maximum absolute atomic E-state index is 12.1. The van der Waals surface area contributed by atoms with Crippen LogP contribution in [0.15, 0.2) is 48.5 Å². The van der Waals surface area contributed by atoms with E-state index in [4.69, 9.17) is 9.84 Å². The number of amides is 1. The SMILES string of the molecule is O=C(NC(C(=O)O)C1CC1)OCC1c2ccccc2-c2ccccc21.O=C(O)CC1CCCC1. The van der Waals surface area contributed by atoms with Gasteiger partial charge in [0.15, 0.2) is 0 Å². The normalized spacial score (nSPS) is 17.6. The van der Waals surface area contributed by atoms with Gasteiger partial charge in [0.05, 0.1) is 0 Å². The van der Waals surface area contributed by atoms with Gasteiger partial charge < -0.3 is 20.3 Å². The van der Waals surface area contributed by atoms with Crippen molar-refractivity contribution in [2.24, 2.45) is 11.8 Å². The molecule has 1 amide bonds. The van der Waals surface area contributed by atoms with E-state index in [1.807, 2.05) is 36.4 Å². The molecule has 2 aromatic carbocycles. The van der Waals surface area contributed by atoms with E-state index >= 15 is 0 Å². The maximum atomic E-state index is 12.1. The van der Waals surface area contributed by atoms with Gasteiger partial charge in [-0.25, -0.2) is 9.59 Å². The summed E-state index contributed by atoms with van der Waals surface area (Å²) in [4.78, 5) is 33.5. The zero-order chi connectivity index (χ0) is 24.1. The lowest BCUT2D eigenvalue weighted by Gasteiger charge is -2.17. The molecule has 2 aromatic rings. The Bertz CT molecular complexity index is 995. The lowest BCUT2D eigenvalue weighted by Crippen LogP contribution is -2.42. The van der Waals surface area contributed by atoms with E-state index in [2.05, 4.69) is 17.4 Å². The van der Waals surface area contributed by atoms with Gasteiger partial charge in [0.2, 0.25) is 0 Å². The first-order chi connectivity index (χ1) is 16.4. The van der Waals surface area contributed by atoms with Crippen molar-refractivity contribution in [3.63, 3.8) is 0 Å². The number of hydrogen-bond donors (Lipinski definition) is 3. The highest BCUT2D eigenvalue weighted by Gasteiger charge is 2.38. The van der Waals surface area contributed by atoms with Crippen LogP contribution in [-0.4, -0.2) is 40.9 Å². The van der Waals surface area contributed by atoms with Gasteiger partial charge in [0.25, 0.3) is 0 Å². The summed E-state index contributed by atoms with van der Waals surface area (Å²) >= 11 is 0. The van der Waals surface area contributed by atoms with Crippen LogP contribution < -0.4 is 5.32 Å². The predicted molar refractivity (Wildman–Crippen MR) is 127 cm³/mol. The summed E-state index contributed by atoms with van der Waals surface area (Å²) in [6.07, 6.45) is 6.12. The van der Waals surface area contributed by atoms with Crippen molar-refractivity contribution in [3.05, 3.63) is 59.7 Å². The number of ether oxygens (including phenoxy) is 1. The van der Waals surface area contributed by atoms with Crippen LogP contribution in [0.25, 0.3) is 11.1 Å². The van der Waals surface area contributed by atoms with Gasteiger partial charge in [-0.2, -0.15) is 0 Å². The van der Waals surface area contributed by atoms with Gasteiger partial charge in [0, 0.05) is 12.3 Å². The Morgan fingerprint density at radius 2 is 1.44 bits per heavy atom. The lowest BCUT2D eigenvalue weighted by atomic mass is 9.98. The third kappa shape index (κ3) is 5.76. The molecule has 0 heterocycles. The van der Waals surface area contributed by atoms with Crippen LogP contribution in [0.2, 0.25) is 0 Å². The summed E-state index contributed by atoms with van der Waals surface area (Å²) in [5.74, 6) is -1.15. The number of hydrogen-bond acceptors (Lipinski definition) is 4. The quantitative estimate of drug-likeness (QED) is 0.528. The van der Waals surface area contributed by atoms with Crippen LogP contribution in [0.1, 0.15) is 62.0 Å². The van der Waals surface area contributed by atoms with E-state index in [1.165, 1.54) is 12.8 Å². The van der Waals surface area contributed by atoms with Crippen molar-refractivity contribution in [2.75, 3.05) is 6.61 Å². The van der Waals surface area contributed by atoms with Gasteiger partial charge in [-0.15, -0.1) is 0 Å². The van der Waals surface area contributed by atoms with Gasteiger partial charge in [-0.05, 0) is 59.8 Å². The fourth-order valence-electron chi connectivity index (χ4n) is 5.04. The molecule has 34 heavy (non-hydrogen) atoms. The monoisotopic (exact) mass is 465 g/mol. The van der Waals surface area contributed by atoms with Gasteiger partial charge in [-0.1, -0.05) is 61.4 Å². The fourth-order valence-corrected chi connectivity index (χ4v) is 5.04. The molecule has 3 aliphatic rings. The molecule has 0 aromatic heterocycles. The molecule has 7 nitrogen and oxygen atoms in total. The first kappa shape index (κ1) is 23.8. The molecule has 0 bridgehead atoms. The first-order valence-electron chi connectivity index (χ1n) is 12.0. The van der Waals surface area contributed by atoms with Gasteiger partial charge >= 0.3 is 18.0 Å². The molecular formula is C27H31NO6. The third-order valence-electron chi connectivity index (χ3n) is 6.91. The number of aliphatic carboxylic acids is 2. The summed E-state index contributed by atoms with van der Waals surface area (Å²) in [6.45, 7) is 0.191. The number of carbonyl (C=O) groups excluding carboxylic acids is 1. The molecule has 2 saturated carbocycles. The van der Waals surface area contributed by atoms with Crippen LogP contribution in [-0.2, 0) is 14.3 Å². The lowest BCUT2D eigenvalue weighted by molar-refractivity contribution is -0.140. The van der Waals surface area contributed by atoms with E-state index < -0.39 is 24.1 Å². The van der Waals surface area contributed by atoms with E-state index in [-0.39, 0.29) is 18.4 Å². The zero-order valence-corrected chi connectivity index (χ0v) is 19.1. The van der Waals surface area contributed by atoms with Crippen LogP contribution in [0.5, 0.6) is 0 Å². The Hall–Kier alpha value is -3.35. The molecule has 1 unspecified atom stereocenters. The van der Waals surface area contributed by atoms with Crippen molar-refractivity contribution in [1.29, 1.82) is 0 Å². The second-order valence-corrected chi connectivity index (χ2v) is 9.37. The smallest absolute Gasteiger partial charge is 0.407 e. The molecule has 0 spiro atoms. The predicted octanol–water partition coefficient (Wildman–Crippen LogP) is 5.04. The highest BCUT2D eigenvalue weighted by Crippen LogP contribution is 2.44. The minimum atomic E-state index is -1.00. The van der Waals surface area contributed by atoms with Crippen LogP contribution in [0.3, 0.4) is 0 Å². The number of carbonyl (C=O) groups is 3. The second kappa shape index (κ2) is 10.7. The fraction of sp³-hybridized carbons (Fsp3) is 0.444. The van der Waals surface area contributed by atoms with Crippen molar-refractivity contribution < 1.29 is 29.3 Å². The number of carboxylic acids is 2. The van der Waals surface area contributed by atoms with Gasteiger partial charge in [0.1, 0.15) is 12.6 Å². The molecule has 2 fully saturated rings. The standard InChI is InChI=1S/C20H19NO4.C7H12O2/c22-19(23)18(12-9-10-12)21-20(24)25-11-17-15-7-3-1-5-13(15)14-6-2-4-8-16(14)17;8-7(9)5-6-3-1-2-4-6/h1-8,12,17-18H,9-11H2,(H,21,24)(H,22,23);6H,1-5H2,(H,8,9). The third-order valence-corrected chi connectivity index (χ3v) is 6.91. The zero-order valence-electron chi connectivity index (χ0n) is 19.1. The van der Waals surface area contributed by atoms with E-state index in [0.29, 0.717) is 12.3 Å². The highest BCUT2D eigenvalue weighted by atomic mass is 16.5. The molecule has 0 aliphatic heterocycles. The van der Waals surface area contributed by atoms with Crippen molar-refractivity contribution in [2.45, 2.75) is 56.9 Å². The van der Waals surface area contributed by atoms with E-state index in [1.54, 1.807) is 0 Å². The summed E-state index contributed by atoms with van der Waals surface area (Å²) in [7, 11) is 0. The Morgan fingerprint density at radius 1 is 0.882 bits per heavy atom. The van der Waals surface area contributed by atoms with Gasteiger partial charge in [-0.3, -0.25) is 4.79 Å². The Morgan fingerprint density at radius 3 is 1.94 bits per heavy atom. The molecule has 1 atom stereocenters. The number of benzene rings is 2. The number of alkyl carbamates (subject to hydrolysis) is 1. The molecule has 0 radical (unpaired) electrons. The van der Waals surface area contributed by atoms with Crippen LogP contribution in [0, 0.1) is 11.8 Å². The first-order valence-corrected chi connectivity index (χ1v) is 12.0. The topological polar surface area (TPSA) is 113 Å². The van der Waals surface area contributed by atoms with Crippen LogP contribution >= 0.6 is 0 Å². The molecule has 7 heteroatoms. The van der Waals surface area contributed by atoms with Crippen molar-refractivity contribution in [3.8, 4) is 11.1 Å². The maximum Gasteiger partial charge on any atom is 0.407 e. The summed E-state index contributed by atoms with van der Waals surface area (Å²) in [6, 6.07) is 15.3. The Labute approximate surface area is 199 Å². The van der Waals surface area contributed by atoms with Crippen molar-refractivity contribution >= 4 is 18.0 Å². The minimum Gasteiger partial charge on any atom is -0.481 e. The average Bonchev–Trinajstić information content (AvgIpc) is 3.44. The largest absolute Gasteiger partial charge is 0.481 e. The van der Waals surface area contributed by atoms with E-state index in [0.717, 1.165) is 47.9 Å². The average molecular weight is 466 g/mol. The number of rotatable bonds is 7. The summed E-state index contributed by atoms with van der Waals surface area (Å²) < 4.78 is 5.38. The molecule has 0 saturated heterocycles. The Balaban J connectivity index is 0.000000257. The number of carboxylic acid groups (broad SMARTS) is 2. The second-order valence-electron chi connectivity index (χ2n) is 9.37. The van der Waals surface area contributed by atoms with Crippen LogP contribution in [0.4, 0.5) is 4.79 Å².